The molecule has 0 radical (unpaired) electrons. The smallest absolute Gasteiger partial charge is 0.123 e. The molecule has 1 aliphatic rings. The van der Waals surface area contributed by atoms with Crippen molar-refractivity contribution in [3.05, 3.63) is 29.3 Å². The van der Waals surface area contributed by atoms with E-state index in [0.29, 0.717) is 10.9 Å². The van der Waals surface area contributed by atoms with E-state index in [1.54, 1.807) is 0 Å². The number of hydrogen-bond donors (Lipinski definition) is 0. The summed E-state index contributed by atoms with van der Waals surface area (Å²) in [7, 11) is 0. The van der Waals surface area contributed by atoms with E-state index < -0.39 is 0 Å². The second-order valence-electron chi connectivity index (χ2n) is 6.06. The van der Waals surface area contributed by atoms with Crippen LogP contribution in [0.1, 0.15) is 44.7 Å². The topological polar surface area (TPSA) is 9.23 Å². The molecule has 0 atom stereocenters. The lowest BCUT2D eigenvalue weighted by molar-refractivity contribution is 0.125. The molecular weight excluding hydrogens is 276 g/mol. The van der Waals surface area contributed by atoms with Gasteiger partial charge in [0, 0.05) is 4.83 Å². The zero-order valence-corrected chi connectivity index (χ0v) is 12.7. The van der Waals surface area contributed by atoms with Crippen LogP contribution in [0.5, 0.6) is 5.75 Å². The first-order valence-corrected chi connectivity index (χ1v) is 7.19. The van der Waals surface area contributed by atoms with E-state index in [4.69, 9.17) is 4.74 Å². The van der Waals surface area contributed by atoms with Crippen LogP contribution in [0.15, 0.2) is 18.2 Å². The van der Waals surface area contributed by atoms with Gasteiger partial charge in [-0.1, -0.05) is 48.8 Å². The van der Waals surface area contributed by atoms with E-state index in [1.807, 2.05) is 0 Å². The molecule has 1 aromatic rings. The highest BCUT2D eigenvalue weighted by Crippen LogP contribution is 2.36. The van der Waals surface area contributed by atoms with Crippen LogP contribution in [0.2, 0.25) is 0 Å². The van der Waals surface area contributed by atoms with Gasteiger partial charge in [-0.3, -0.25) is 0 Å². The van der Waals surface area contributed by atoms with Gasteiger partial charge in [0.05, 0.1) is 0 Å². The Labute approximate surface area is 113 Å². The molecule has 1 aromatic carbocycles. The Morgan fingerprint density at radius 1 is 1.24 bits per heavy atom. The molecule has 0 N–H and O–H groups in total. The number of ether oxygens (including phenoxy) is 1. The molecule has 0 aliphatic heterocycles. The van der Waals surface area contributed by atoms with Gasteiger partial charge in [-0.25, -0.2) is 0 Å². The Morgan fingerprint density at radius 3 is 2.41 bits per heavy atom. The second kappa shape index (κ2) is 4.64. The number of rotatable bonds is 2. The lowest BCUT2D eigenvalue weighted by Gasteiger charge is -2.34. The number of halogens is 1. The van der Waals surface area contributed by atoms with Crippen LogP contribution in [0, 0.1) is 6.92 Å². The maximum atomic E-state index is 6.13. The van der Waals surface area contributed by atoms with Crippen molar-refractivity contribution in [2.75, 3.05) is 0 Å². The Kier molecular flexibility index (Phi) is 3.53. The molecule has 0 unspecified atom stereocenters. The van der Waals surface area contributed by atoms with Crippen LogP contribution >= 0.6 is 15.9 Å². The Hall–Kier alpha value is -0.500. The van der Waals surface area contributed by atoms with Gasteiger partial charge in [-0.15, -0.1) is 0 Å². The lowest BCUT2D eigenvalue weighted by Crippen LogP contribution is -2.34. The van der Waals surface area contributed by atoms with Gasteiger partial charge >= 0.3 is 0 Å². The van der Waals surface area contributed by atoms with E-state index in [-0.39, 0.29) is 5.41 Å². The van der Waals surface area contributed by atoms with Gasteiger partial charge in [0.2, 0.25) is 0 Å². The Bertz CT molecular complexity index is 400. The van der Waals surface area contributed by atoms with Crippen molar-refractivity contribution in [1.82, 2.24) is 0 Å². The monoisotopic (exact) mass is 296 g/mol. The molecule has 1 saturated carbocycles. The summed E-state index contributed by atoms with van der Waals surface area (Å²) in [5, 5.41) is 0. The summed E-state index contributed by atoms with van der Waals surface area (Å²) < 4.78 is 6.13. The van der Waals surface area contributed by atoms with E-state index in [0.717, 1.165) is 18.6 Å². The third kappa shape index (κ3) is 3.04. The first kappa shape index (κ1) is 12.9. The van der Waals surface area contributed by atoms with Crippen LogP contribution in [0.25, 0.3) is 0 Å². The molecule has 0 saturated heterocycles. The minimum Gasteiger partial charge on any atom is -0.490 e. The molecule has 0 spiro atoms. The summed E-state index contributed by atoms with van der Waals surface area (Å²) >= 11 is 3.61. The fraction of sp³-hybridized carbons (Fsp3) is 0.600. The Balaban J connectivity index is 2.21. The molecular formula is C15H21BrO. The van der Waals surface area contributed by atoms with Crippen LogP contribution in [-0.2, 0) is 5.41 Å². The first-order valence-electron chi connectivity index (χ1n) is 6.28. The molecule has 2 rings (SSSR count). The second-order valence-corrected chi connectivity index (χ2v) is 7.35. The summed E-state index contributed by atoms with van der Waals surface area (Å²) in [5.41, 5.74) is 2.71. The van der Waals surface area contributed by atoms with Gasteiger partial charge < -0.3 is 4.74 Å². The van der Waals surface area contributed by atoms with Crippen molar-refractivity contribution in [1.29, 1.82) is 0 Å². The first-order chi connectivity index (χ1) is 7.86. The summed E-state index contributed by atoms with van der Waals surface area (Å²) in [6.07, 6.45) is 2.64. The fourth-order valence-electron chi connectivity index (χ4n) is 2.12. The largest absolute Gasteiger partial charge is 0.490 e. The number of alkyl halides is 1. The third-order valence-electron chi connectivity index (χ3n) is 3.28. The molecule has 0 heterocycles. The van der Waals surface area contributed by atoms with Crippen molar-refractivity contribution < 1.29 is 4.74 Å². The molecule has 0 aromatic heterocycles. The fourth-order valence-corrected chi connectivity index (χ4v) is 2.96. The summed E-state index contributed by atoms with van der Waals surface area (Å²) in [5.74, 6) is 1.07. The highest BCUT2D eigenvalue weighted by molar-refractivity contribution is 9.09. The molecule has 0 amide bonds. The Morgan fingerprint density at radius 2 is 1.88 bits per heavy atom. The molecule has 2 heteroatoms. The van der Waals surface area contributed by atoms with Gasteiger partial charge in [0.1, 0.15) is 11.9 Å². The SMILES string of the molecule is Cc1ccc(C(C)(C)C)c(OC2CC(Br)C2)c1. The predicted octanol–water partition coefficient (Wildman–Crippen LogP) is 4.60. The standard InChI is InChI=1S/C15H21BrO/c1-10-5-6-13(15(2,3)4)14(7-10)17-12-8-11(16)9-12/h5-7,11-12H,8-9H2,1-4H3. The summed E-state index contributed by atoms with van der Waals surface area (Å²) in [6, 6.07) is 6.54. The predicted molar refractivity (Wildman–Crippen MR) is 76.2 cm³/mol. The highest BCUT2D eigenvalue weighted by atomic mass is 79.9. The molecule has 17 heavy (non-hydrogen) atoms. The molecule has 1 fully saturated rings. The van der Waals surface area contributed by atoms with Crippen molar-refractivity contribution in [3.63, 3.8) is 0 Å². The minimum absolute atomic E-state index is 0.139. The lowest BCUT2D eigenvalue weighted by atomic mass is 9.85. The minimum atomic E-state index is 0.139. The van der Waals surface area contributed by atoms with Crippen molar-refractivity contribution in [2.24, 2.45) is 0 Å². The zero-order valence-electron chi connectivity index (χ0n) is 11.1. The van der Waals surface area contributed by atoms with E-state index in [9.17, 15) is 0 Å². The number of benzene rings is 1. The zero-order chi connectivity index (χ0) is 12.6. The van der Waals surface area contributed by atoms with E-state index >= 15 is 0 Å². The molecule has 94 valence electrons. The van der Waals surface area contributed by atoms with Gasteiger partial charge in [-0.2, -0.15) is 0 Å². The average Bonchev–Trinajstić information content (AvgIpc) is 2.13. The average molecular weight is 297 g/mol. The van der Waals surface area contributed by atoms with Gasteiger partial charge in [0.15, 0.2) is 0 Å². The van der Waals surface area contributed by atoms with Gasteiger partial charge in [-0.05, 0) is 42.4 Å². The normalized spacial score (nSPS) is 24.3. The maximum absolute atomic E-state index is 6.13. The van der Waals surface area contributed by atoms with Crippen molar-refractivity contribution >= 4 is 15.9 Å². The van der Waals surface area contributed by atoms with Gasteiger partial charge in [0.25, 0.3) is 0 Å². The highest BCUT2D eigenvalue weighted by Gasteiger charge is 2.30. The van der Waals surface area contributed by atoms with Crippen LogP contribution in [0.4, 0.5) is 0 Å². The van der Waals surface area contributed by atoms with Crippen molar-refractivity contribution in [3.8, 4) is 5.75 Å². The van der Waals surface area contributed by atoms with E-state index in [2.05, 4.69) is 61.8 Å². The quantitative estimate of drug-likeness (QED) is 0.725. The maximum Gasteiger partial charge on any atom is 0.123 e. The summed E-state index contributed by atoms with van der Waals surface area (Å²) in [6.45, 7) is 8.82. The third-order valence-corrected chi connectivity index (χ3v) is 4.02. The van der Waals surface area contributed by atoms with Crippen LogP contribution in [-0.4, -0.2) is 10.9 Å². The molecule has 0 bridgehead atoms. The van der Waals surface area contributed by atoms with E-state index in [1.165, 1.54) is 11.1 Å². The molecule has 1 nitrogen and oxygen atoms in total. The van der Waals surface area contributed by atoms with Crippen LogP contribution < -0.4 is 4.74 Å². The van der Waals surface area contributed by atoms with Crippen LogP contribution in [0.3, 0.4) is 0 Å². The molecule has 1 aliphatic carbocycles. The number of hydrogen-bond acceptors (Lipinski definition) is 1. The number of aryl methyl sites for hydroxylation is 1. The summed E-state index contributed by atoms with van der Waals surface area (Å²) in [4.78, 5) is 0.649. The van der Waals surface area contributed by atoms with Crippen molar-refractivity contribution in [2.45, 2.75) is 56.9 Å².